The molecule has 0 amide bonds. The van der Waals surface area contributed by atoms with Crippen molar-refractivity contribution in [2.45, 2.75) is 0 Å². The van der Waals surface area contributed by atoms with Gasteiger partial charge in [0.1, 0.15) is 6.67 Å². The largest absolute Gasteiger partial charge is 0.354 e. The van der Waals surface area contributed by atoms with Crippen LogP contribution >= 0.6 is 0 Å². The topological polar surface area (TPSA) is 21.8 Å². The van der Waals surface area contributed by atoms with Crippen molar-refractivity contribution in [3.63, 3.8) is 0 Å². The van der Waals surface area contributed by atoms with Gasteiger partial charge in [0.25, 0.3) is 0 Å². The van der Waals surface area contributed by atoms with Crippen LogP contribution in [0.25, 0.3) is 0 Å². The summed E-state index contributed by atoms with van der Waals surface area (Å²) in [5.41, 5.74) is 2.67. The molecule has 0 saturated carbocycles. The summed E-state index contributed by atoms with van der Waals surface area (Å²) in [4.78, 5) is 2.30. The normalized spacial score (nSPS) is 21.3. The van der Waals surface area contributed by atoms with E-state index in [-0.39, 0.29) is 0 Å². The zero-order valence-electron chi connectivity index (χ0n) is 9.69. The van der Waals surface area contributed by atoms with E-state index >= 15 is 0 Å². The SMILES string of the molecule is CN1CN(N2CCNCC2)c2ccccc21. The van der Waals surface area contributed by atoms with Gasteiger partial charge < -0.3 is 10.2 Å². The second-order valence-electron chi connectivity index (χ2n) is 4.43. The molecule has 1 N–H and O–H groups in total. The van der Waals surface area contributed by atoms with Crippen LogP contribution in [0.5, 0.6) is 0 Å². The van der Waals surface area contributed by atoms with Crippen molar-refractivity contribution < 1.29 is 0 Å². The molecule has 3 rings (SSSR count). The third-order valence-corrected chi connectivity index (χ3v) is 3.35. The summed E-state index contributed by atoms with van der Waals surface area (Å²) < 4.78 is 0. The third kappa shape index (κ3) is 1.54. The zero-order chi connectivity index (χ0) is 11.0. The molecule has 0 unspecified atom stereocenters. The average Bonchev–Trinajstić information content (AvgIpc) is 2.69. The first-order chi connectivity index (χ1) is 7.86. The molecule has 0 radical (unpaired) electrons. The number of para-hydroxylation sites is 2. The van der Waals surface area contributed by atoms with E-state index in [2.05, 4.69) is 51.5 Å². The van der Waals surface area contributed by atoms with Crippen molar-refractivity contribution in [2.24, 2.45) is 0 Å². The summed E-state index contributed by atoms with van der Waals surface area (Å²) >= 11 is 0. The molecule has 4 nitrogen and oxygen atoms in total. The molecule has 4 heteroatoms. The Morgan fingerprint density at radius 2 is 1.75 bits per heavy atom. The highest BCUT2D eigenvalue weighted by atomic mass is 15.7. The second kappa shape index (κ2) is 3.96. The van der Waals surface area contributed by atoms with Gasteiger partial charge in [-0.3, -0.25) is 5.01 Å². The van der Waals surface area contributed by atoms with E-state index < -0.39 is 0 Å². The summed E-state index contributed by atoms with van der Waals surface area (Å²) in [6.07, 6.45) is 0. The van der Waals surface area contributed by atoms with Crippen molar-refractivity contribution in [2.75, 3.05) is 49.8 Å². The molecule has 0 aromatic heterocycles. The molecular formula is C12H18N4. The van der Waals surface area contributed by atoms with Crippen molar-refractivity contribution >= 4 is 11.4 Å². The van der Waals surface area contributed by atoms with Gasteiger partial charge in [-0.05, 0) is 12.1 Å². The average molecular weight is 218 g/mol. The molecule has 0 spiro atoms. The van der Waals surface area contributed by atoms with Crippen molar-refractivity contribution in [3.05, 3.63) is 24.3 Å². The maximum atomic E-state index is 3.39. The Bertz CT molecular complexity index is 373. The fourth-order valence-corrected chi connectivity index (χ4v) is 2.49. The quantitative estimate of drug-likeness (QED) is 0.749. The summed E-state index contributed by atoms with van der Waals surface area (Å²) in [6.45, 7) is 5.34. The van der Waals surface area contributed by atoms with Gasteiger partial charge in [-0.15, -0.1) is 0 Å². The van der Waals surface area contributed by atoms with Gasteiger partial charge in [0.2, 0.25) is 0 Å². The van der Waals surface area contributed by atoms with Crippen molar-refractivity contribution in [3.8, 4) is 0 Å². The molecule has 1 aromatic carbocycles. The van der Waals surface area contributed by atoms with Gasteiger partial charge >= 0.3 is 0 Å². The number of hydrogen-bond acceptors (Lipinski definition) is 4. The fraction of sp³-hybridized carbons (Fsp3) is 0.500. The minimum atomic E-state index is 0.972. The molecule has 0 bridgehead atoms. The number of anilines is 2. The number of hydrazine groups is 1. The highest BCUT2D eigenvalue weighted by Gasteiger charge is 2.27. The van der Waals surface area contributed by atoms with Gasteiger partial charge in [0, 0.05) is 33.2 Å². The van der Waals surface area contributed by atoms with Gasteiger partial charge in [0.15, 0.2) is 0 Å². The van der Waals surface area contributed by atoms with Gasteiger partial charge in [0.05, 0.1) is 11.4 Å². The maximum absolute atomic E-state index is 3.39. The summed E-state index contributed by atoms with van der Waals surface area (Å²) in [7, 11) is 2.15. The second-order valence-corrected chi connectivity index (χ2v) is 4.43. The standard InChI is InChI=1S/C12H18N4/c1-14-10-16(15-8-6-13-7-9-15)12-5-3-2-4-11(12)14/h2-5,13H,6-10H2,1H3. The van der Waals surface area contributed by atoms with E-state index in [0.29, 0.717) is 0 Å². The molecule has 2 aliphatic heterocycles. The number of nitrogens with one attached hydrogen (secondary N) is 1. The van der Waals surface area contributed by atoms with Gasteiger partial charge in [-0.1, -0.05) is 12.1 Å². The molecule has 16 heavy (non-hydrogen) atoms. The van der Waals surface area contributed by atoms with E-state index in [1.54, 1.807) is 0 Å². The lowest BCUT2D eigenvalue weighted by atomic mass is 10.2. The predicted octanol–water partition coefficient (Wildman–Crippen LogP) is 0.721. The molecule has 0 aliphatic carbocycles. The Morgan fingerprint density at radius 3 is 2.50 bits per heavy atom. The first-order valence-electron chi connectivity index (χ1n) is 5.89. The maximum Gasteiger partial charge on any atom is 0.105 e. The van der Waals surface area contributed by atoms with Crippen LogP contribution in [0.3, 0.4) is 0 Å². The number of fused-ring (bicyclic) bond motifs is 1. The van der Waals surface area contributed by atoms with Gasteiger partial charge in [-0.2, -0.15) is 0 Å². The highest BCUT2D eigenvalue weighted by Crippen LogP contribution is 2.35. The van der Waals surface area contributed by atoms with Crippen LogP contribution in [0.4, 0.5) is 11.4 Å². The highest BCUT2D eigenvalue weighted by molar-refractivity contribution is 5.75. The Kier molecular flexibility index (Phi) is 2.46. The number of rotatable bonds is 1. The first-order valence-corrected chi connectivity index (χ1v) is 5.89. The summed E-state index contributed by atoms with van der Waals surface area (Å²) in [6, 6.07) is 8.63. The lowest BCUT2D eigenvalue weighted by Crippen LogP contribution is -2.53. The Balaban J connectivity index is 1.87. The number of piperazine rings is 1. The van der Waals surface area contributed by atoms with E-state index in [1.807, 2.05) is 0 Å². The number of benzene rings is 1. The minimum absolute atomic E-state index is 0.972. The van der Waals surface area contributed by atoms with Crippen molar-refractivity contribution in [1.29, 1.82) is 0 Å². The Morgan fingerprint density at radius 1 is 1.06 bits per heavy atom. The first kappa shape index (κ1) is 9.93. The summed E-state index contributed by atoms with van der Waals surface area (Å²) in [5, 5.41) is 8.23. The van der Waals surface area contributed by atoms with Crippen LogP contribution in [-0.2, 0) is 0 Å². The number of nitrogens with zero attached hydrogens (tertiary/aromatic N) is 3. The van der Waals surface area contributed by atoms with E-state index in [4.69, 9.17) is 0 Å². The molecule has 86 valence electrons. The van der Waals surface area contributed by atoms with E-state index in [9.17, 15) is 0 Å². The molecule has 1 saturated heterocycles. The minimum Gasteiger partial charge on any atom is -0.354 e. The fourth-order valence-electron chi connectivity index (χ4n) is 2.49. The van der Waals surface area contributed by atoms with Crippen LogP contribution in [0.2, 0.25) is 0 Å². The van der Waals surface area contributed by atoms with Crippen LogP contribution in [0.15, 0.2) is 24.3 Å². The Hall–Kier alpha value is -1.26. The zero-order valence-corrected chi connectivity index (χ0v) is 9.69. The smallest absolute Gasteiger partial charge is 0.105 e. The lowest BCUT2D eigenvalue weighted by molar-refractivity contribution is 0.224. The lowest BCUT2D eigenvalue weighted by Gasteiger charge is -2.36. The van der Waals surface area contributed by atoms with Crippen LogP contribution in [0.1, 0.15) is 0 Å². The van der Waals surface area contributed by atoms with Crippen LogP contribution in [0, 0.1) is 0 Å². The van der Waals surface area contributed by atoms with E-state index in [0.717, 1.165) is 32.8 Å². The summed E-state index contributed by atoms with van der Waals surface area (Å²) in [5.74, 6) is 0. The molecular weight excluding hydrogens is 200 g/mol. The predicted molar refractivity (Wildman–Crippen MR) is 66.6 cm³/mol. The molecule has 1 aromatic rings. The van der Waals surface area contributed by atoms with Gasteiger partial charge in [-0.25, -0.2) is 5.01 Å². The van der Waals surface area contributed by atoms with Crippen LogP contribution < -0.4 is 15.2 Å². The third-order valence-electron chi connectivity index (χ3n) is 3.35. The molecule has 2 heterocycles. The Labute approximate surface area is 96.4 Å². The molecule has 0 atom stereocenters. The number of hydrogen-bond donors (Lipinski definition) is 1. The van der Waals surface area contributed by atoms with Crippen LogP contribution in [-0.4, -0.2) is 44.9 Å². The monoisotopic (exact) mass is 218 g/mol. The molecule has 1 fully saturated rings. The van der Waals surface area contributed by atoms with Crippen molar-refractivity contribution in [1.82, 2.24) is 10.3 Å². The molecule has 2 aliphatic rings. The van der Waals surface area contributed by atoms with E-state index in [1.165, 1.54) is 11.4 Å².